The SMILES string of the molecule is CC.Cc1nc(Cc2ccc3c(c2)OCO3)sc1CCO[N+](=O)[O-]. The summed E-state index contributed by atoms with van der Waals surface area (Å²) in [6, 6.07) is 5.83. The molecule has 1 aliphatic heterocycles. The molecule has 0 radical (unpaired) electrons. The van der Waals surface area contributed by atoms with Gasteiger partial charge >= 0.3 is 0 Å². The molecule has 24 heavy (non-hydrogen) atoms. The first-order valence-corrected chi connectivity index (χ1v) is 8.54. The summed E-state index contributed by atoms with van der Waals surface area (Å²) in [7, 11) is 0. The summed E-state index contributed by atoms with van der Waals surface area (Å²) in [6.45, 7) is 6.22. The van der Waals surface area contributed by atoms with Gasteiger partial charge in [-0.1, -0.05) is 19.9 Å². The number of aromatic nitrogens is 1. The lowest BCUT2D eigenvalue weighted by atomic mass is 10.1. The smallest absolute Gasteiger partial charge is 0.294 e. The van der Waals surface area contributed by atoms with Gasteiger partial charge in [-0.25, -0.2) is 4.98 Å². The number of hydrogen-bond donors (Lipinski definition) is 0. The van der Waals surface area contributed by atoms with E-state index in [1.807, 2.05) is 39.0 Å². The Labute approximate surface area is 144 Å². The molecule has 2 aromatic rings. The maximum Gasteiger partial charge on any atom is 0.294 e. The molecule has 2 heterocycles. The third-order valence-corrected chi connectivity index (χ3v) is 4.47. The van der Waals surface area contributed by atoms with Crippen LogP contribution >= 0.6 is 11.3 Å². The van der Waals surface area contributed by atoms with E-state index in [2.05, 4.69) is 9.82 Å². The molecule has 0 aliphatic carbocycles. The van der Waals surface area contributed by atoms with Gasteiger partial charge in [-0.15, -0.1) is 21.5 Å². The van der Waals surface area contributed by atoms with Crippen LogP contribution in [0.5, 0.6) is 11.5 Å². The first-order chi connectivity index (χ1) is 11.6. The Morgan fingerprint density at radius 3 is 2.83 bits per heavy atom. The summed E-state index contributed by atoms with van der Waals surface area (Å²) < 4.78 is 10.6. The number of fused-ring (bicyclic) bond motifs is 1. The standard InChI is InChI=1S/C14H14N2O5S.C2H6/c1-9-13(4-5-21-16(17)18)22-14(15-9)7-10-2-3-11-12(6-10)20-8-19-11;1-2/h2-3,6H,4-5,7-8H2,1H3;1-2H3. The van der Waals surface area contributed by atoms with Gasteiger partial charge in [0, 0.05) is 17.7 Å². The van der Waals surface area contributed by atoms with Gasteiger partial charge in [0.05, 0.1) is 10.7 Å². The Kier molecular flexibility index (Phi) is 6.36. The highest BCUT2D eigenvalue weighted by Gasteiger charge is 2.15. The largest absolute Gasteiger partial charge is 0.454 e. The van der Waals surface area contributed by atoms with Crippen molar-refractivity contribution in [2.24, 2.45) is 0 Å². The summed E-state index contributed by atoms with van der Waals surface area (Å²) in [5.74, 6) is 1.52. The normalized spacial score (nSPS) is 11.6. The van der Waals surface area contributed by atoms with Crippen molar-refractivity contribution in [1.82, 2.24) is 4.98 Å². The van der Waals surface area contributed by atoms with Crippen molar-refractivity contribution in [2.75, 3.05) is 13.4 Å². The van der Waals surface area contributed by atoms with E-state index in [1.165, 1.54) is 0 Å². The average molecular weight is 352 g/mol. The minimum Gasteiger partial charge on any atom is -0.454 e. The zero-order valence-electron chi connectivity index (χ0n) is 13.9. The summed E-state index contributed by atoms with van der Waals surface area (Å²) in [5.41, 5.74) is 1.98. The van der Waals surface area contributed by atoms with Crippen molar-refractivity contribution in [3.05, 3.63) is 49.5 Å². The van der Waals surface area contributed by atoms with Crippen LogP contribution < -0.4 is 9.47 Å². The van der Waals surface area contributed by atoms with E-state index in [-0.39, 0.29) is 13.4 Å². The molecule has 0 saturated carbocycles. The Bertz CT molecular complexity index is 702. The minimum absolute atomic E-state index is 0.0551. The Balaban J connectivity index is 0.00000100. The van der Waals surface area contributed by atoms with E-state index in [0.717, 1.165) is 32.6 Å². The van der Waals surface area contributed by atoms with Gasteiger partial charge < -0.3 is 14.3 Å². The first-order valence-electron chi connectivity index (χ1n) is 7.73. The Hall–Kier alpha value is -2.35. The van der Waals surface area contributed by atoms with Crippen molar-refractivity contribution >= 4 is 11.3 Å². The van der Waals surface area contributed by atoms with Crippen LogP contribution in [0.15, 0.2) is 18.2 Å². The zero-order chi connectivity index (χ0) is 17.5. The molecule has 0 fully saturated rings. The molecule has 0 atom stereocenters. The van der Waals surface area contributed by atoms with Crippen LogP contribution in [0.1, 0.15) is 35.0 Å². The highest BCUT2D eigenvalue weighted by molar-refractivity contribution is 7.11. The predicted octanol–water partition coefficient (Wildman–Crippen LogP) is 3.55. The molecule has 8 heteroatoms. The lowest BCUT2D eigenvalue weighted by molar-refractivity contribution is -0.757. The number of aryl methyl sites for hydroxylation is 1. The van der Waals surface area contributed by atoms with E-state index in [1.54, 1.807) is 11.3 Å². The van der Waals surface area contributed by atoms with E-state index in [0.29, 0.717) is 12.8 Å². The van der Waals surface area contributed by atoms with Crippen LogP contribution in [0.3, 0.4) is 0 Å². The molecule has 1 aliphatic rings. The minimum atomic E-state index is -0.774. The molecule has 0 bridgehead atoms. The molecule has 0 saturated heterocycles. The molecule has 1 aromatic heterocycles. The molecule has 3 rings (SSSR count). The third-order valence-electron chi connectivity index (χ3n) is 3.26. The van der Waals surface area contributed by atoms with Crippen molar-refractivity contribution in [3.8, 4) is 11.5 Å². The number of benzene rings is 1. The summed E-state index contributed by atoms with van der Waals surface area (Å²) >= 11 is 1.55. The van der Waals surface area contributed by atoms with E-state index < -0.39 is 5.09 Å². The highest BCUT2D eigenvalue weighted by atomic mass is 32.1. The van der Waals surface area contributed by atoms with Crippen LogP contribution in [0.4, 0.5) is 0 Å². The van der Waals surface area contributed by atoms with Crippen LogP contribution in [-0.2, 0) is 17.7 Å². The maximum absolute atomic E-state index is 10.2. The Morgan fingerprint density at radius 2 is 2.08 bits per heavy atom. The predicted molar refractivity (Wildman–Crippen MR) is 90.2 cm³/mol. The number of ether oxygens (including phenoxy) is 2. The fourth-order valence-corrected chi connectivity index (χ4v) is 3.32. The van der Waals surface area contributed by atoms with Gasteiger partial charge in [0.2, 0.25) is 6.79 Å². The van der Waals surface area contributed by atoms with Gasteiger partial charge in [0.25, 0.3) is 5.09 Å². The molecule has 7 nitrogen and oxygen atoms in total. The fourth-order valence-electron chi connectivity index (χ4n) is 2.23. The van der Waals surface area contributed by atoms with Crippen LogP contribution in [0, 0.1) is 17.0 Å². The fraction of sp³-hybridized carbons (Fsp3) is 0.438. The molecule has 0 amide bonds. The van der Waals surface area contributed by atoms with Gasteiger partial charge in [-0.3, -0.25) is 0 Å². The lowest BCUT2D eigenvalue weighted by Crippen LogP contribution is -2.04. The van der Waals surface area contributed by atoms with Gasteiger partial charge in [-0.2, -0.15) is 0 Å². The summed E-state index contributed by atoms with van der Waals surface area (Å²) in [5, 5.41) is 10.4. The third kappa shape index (κ3) is 4.58. The molecule has 0 unspecified atom stereocenters. The van der Waals surface area contributed by atoms with Gasteiger partial charge in [0.15, 0.2) is 11.5 Å². The highest BCUT2D eigenvalue weighted by Crippen LogP contribution is 2.33. The maximum atomic E-state index is 10.2. The monoisotopic (exact) mass is 352 g/mol. The van der Waals surface area contributed by atoms with E-state index in [4.69, 9.17) is 9.47 Å². The molecule has 0 spiro atoms. The molecule has 1 aromatic carbocycles. The quantitative estimate of drug-likeness (QED) is 0.584. The number of nitrogens with zero attached hydrogens (tertiary/aromatic N) is 2. The second-order valence-corrected chi connectivity index (χ2v) is 5.96. The second kappa shape index (κ2) is 8.49. The number of rotatable bonds is 6. The average Bonchev–Trinajstić information content (AvgIpc) is 3.15. The second-order valence-electron chi connectivity index (χ2n) is 4.79. The van der Waals surface area contributed by atoms with Crippen molar-refractivity contribution in [2.45, 2.75) is 33.6 Å². The van der Waals surface area contributed by atoms with Crippen molar-refractivity contribution in [1.29, 1.82) is 0 Å². The van der Waals surface area contributed by atoms with Crippen molar-refractivity contribution < 1.29 is 19.4 Å². The lowest BCUT2D eigenvalue weighted by Gasteiger charge is -2.00. The molecular weight excluding hydrogens is 332 g/mol. The van der Waals surface area contributed by atoms with Gasteiger partial charge in [0.1, 0.15) is 6.61 Å². The summed E-state index contributed by atoms with van der Waals surface area (Å²) in [4.78, 5) is 20.0. The topological polar surface area (TPSA) is 83.7 Å². The van der Waals surface area contributed by atoms with Crippen molar-refractivity contribution in [3.63, 3.8) is 0 Å². The Morgan fingerprint density at radius 1 is 1.33 bits per heavy atom. The molecule has 0 N–H and O–H groups in total. The number of hydrogen-bond acceptors (Lipinski definition) is 7. The van der Waals surface area contributed by atoms with Crippen LogP contribution in [-0.4, -0.2) is 23.5 Å². The first kappa shape index (κ1) is 18.0. The molecule has 130 valence electrons. The van der Waals surface area contributed by atoms with Crippen LogP contribution in [0.25, 0.3) is 0 Å². The van der Waals surface area contributed by atoms with E-state index >= 15 is 0 Å². The zero-order valence-corrected chi connectivity index (χ0v) is 14.7. The van der Waals surface area contributed by atoms with Gasteiger partial charge in [-0.05, 0) is 24.6 Å². The van der Waals surface area contributed by atoms with Crippen LogP contribution in [0.2, 0.25) is 0 Å². The summed E-state index contributed by atoms with van der Waals surface area (Å²) in [6.07, 6.45) is 1.18. The number of thiazole rings is 1. The van der Waals surface area contributed by atoms with E-state index in [9.17, 15) is 10.1 Å². The molecular formula is C16H20N2O5S.